The van der Waals surface area contributed by atoms with Gasteiger partial charge in [0.2, 0.25) is 5.91 Å². The molecule has 0 saturated carbocycles. The van der Waals surface area contributed by atoms with Crippen LogP contribution in [0.4, 0.5) is 5.82 Å². The summed E-state index contributed by atoms with van der Waals surface area (Å²) < 4.78 is 2.11. The van der Waals surface area contributed by atoms with Crippen LogP contribution in [-0.4, -0.2) is 25.8 Å². The molecule has 5 heteroatoms. The fraction of sp³-hybridized carbons (Fsp3) is 0.458. The number of fused-ring (bicyclic) bond motifs is 1. The molecule has 0 N–H and O–H groups in total. The molecule has 0 radical (unpaired) electrons. The van der Waals surface area contributed by atoms with Gasteiger partial charge in [0, 0.05) is 36.1 Å². The largest absolute Gasteiger partial charge is 0.291 e. The molecule has 3 aromatic heterocycles. The number of anilines is 1. The highest BCUT2D eigenvalue weighted by Gasteiger charge is 2.38. The third-order valence-corrected chi connectivity index (χ3v) is 5.07. The maximum Gasteiger partial charge on any atom is 0.225 e. The monoisotopic (exact) mass is 392 g/mol. The van der Waals surface area contributed by atoms with E-state index in [9.17, 15) is 4.79 Å². The standard InChI is InChI=1S/C24H32N4O/c1-16-13-17(2)27-20(14-16)26-21(19-9-11-25-12-10-19)22(27)28(18(3)29)24(7,8)15-23(4,5)6/h9-14H,15H2,1-8H3. The molecule has 0 atom stereocenters. The molecule has 3 heterocycles. The van der Waals surface area contributed by atoms with Gasteiger partial charge in [0.25, 0.3) is 0 Å². The zero-order valence-electron chi connectivity index (χ0n) is 18.9. The van der Waals surface area contributed by atoms with Crippen LogP contribution in [-0.2, 0) is 4.79 Å². The number of pyridine rings is 2. The molecule has 29 heavy (non-hydrogen) atoms. The lowest BCUT2D eigenvalue weighted by atomic mass is 9.80. The van der Waals surface area contributed by atoms with Gasteiger partial charge in [0.1, 0.15) is 17.2 Å². The summed E-state index contributed by atoms with van der Waals surface area (Å²) in [6, 6.07) is 8.09. The van der Waals surface area contributed by atoms with Crippen LogP contribution in [0.5, 0.6) is 0 Å². The first-order valence-corrected chi connectivity index (χ1v) is 10.1. The number of amides is 1. The molecule has 0 fully saturated rings. The first-order chi connectivity index (χ1) is 13.4. The van der Waals surface area contributed by atoms with E-state index in [0.29, 0.717) is 0 Å². The maximum absolute atomic E-state index is 13.1. The van der Waals surface area contributed by atoms with Gasteiger partial charge in [-0.2, -0.15) is 0 Å². The highest BCUT2D eigenvalue weighted by Crippen LogP contribution is 2.40. The van der Waals surface area contributed by atoms with Gasteiger partial charge in [-0.3, -0.25) is 19.1 Å². The van der Waals surface area contributed by atoms with E-state index in [-0.39, 0.29) is 16.9 Å². The van der Waals surface area contributed by atoms with Gasteiger partial charge < -0.3 is 0 Å². The SMILES string of the molecule is CC(=O)N(c1c(-c2ccncc2)nc2cc(C)cc(C)n12)C(C)(C)CC(C)(C)C. The van der Waals surface area contributed by atoms with Crippen LogP contribution in [0.2, 0.25) is 0 Å². The topological polar surface area (TPSA) is 50.5 Å². The molecule has 1 amide bonds. The summed E-state index contributed by atoms with van der Waals surface area (Å²) in [6.07, 6.45) is 4.38. The van der Waals surface area contributed by atoms with Gasteiger partial charge >= 0.3 is 0 Å². The van der Waals surface area contributed by atoms with Crippen molar-refractivity contribution in [1.29, 1.82) is 0 Å². The molecule has 3 rings (SSSR count). The van der Waals surface area contributed by atoms with Gasteiger partial charge in [-0.1, -0.05) is 20.8 Å². The summed E-state index contributed by atoms with van der Waals surface area (Å²) in [7, 11) is 0. The summed E-state index contributed by atoms with van der Waals surface area (Å²) >= 11 is 0. The van der Waals surface area contributed by atoms with Crippen LogP contribution in [0.25, 0.3) is 16.9 Å². The van der Waals surface area contributed by atoms with Crippen LogP contribution in [0, 0.1) is 19.3 Å². The molecule has 0 aromatic carbocycles. The summed E-state index contributed by atoms with van der Waals surface area (Å²) in [6.45, 7) is 16.7. The Labute approximate surface area is 173 Å². The molecule has 0 saturated heterocycles. The van der Waals surface area contributed by atoms with Crippen LogP contribution in [0.15, 0.2) is 36.7 Å². The highest BCUT2D eigenvalue weighted by molar-refractivity contribution is 5.97. The Kier molecular flexibility index (Phi) is 5.28. The second-order valence-corrected chi connectivity index (χ2v) is 9.79. The highest BCUT2D eigenvalue weighted by atomic mass is 16.2. The summed E-state index contributed by atoms with van der Waals surface area (Å²) in [5.41, 5.74) is 4.49. The molecule has 0 aliphatic heterocycles. The van der Waals surface area contributed by atoms with Gasteiger partial charge in [0.05, 0.1) is 0 Å². The lowest BCUT2D eigenvalue weighted by Gasteiger charge is -2.42. The number of rotatable bonds is 4. The lowest BCUT2D eigenvalue weighted by molar-refractivity contribution is -0.117. The fourth-order valence-corrected chi connectivity index (χ4v) is 4.66. The van der Waals surface area contributed by atoms with Gasteiger partial charge in [0.15, 0.2) is 0 Å². The van der Waals surface area contributed by atoms with Crippen LogP contribution in [0.1, 0.15) is 59.2 Å². The minimum absolute atomic E-state index is 0.0105. The predicted molar refractivity (Wildman–Crippen MR) is 119 cm³/mol. The van der Waals surface area contributed by atoms with Crippen molar-refractivity contribution < 1.29 is 4.79 Å². The van der Waals surface area contributed by atoms with E-state index in [0.717, 1.165) is 40.4 Å². The van der Waals surface area contributed by atoms with E-state index in [1.165, 1.54) is 0 Å². The normalized spacial score (nSPS) is 12.4. The lowest BCUT2D eigenvalue weighted by Crippen LogP contribution is -2.50. The Balaban J connectivity index is 2.37. The van der Waals surface area contributed by atoms with Crippen molar-refractivity contribution in [2.24, 2.45) is 5.41 Å². The van der Waals surface area contributed by atoms with Crippen molar-refractivity contribution in [2.75, 3.05) is 4.90 Å². The second-order valence-electron chi connectivity index (χ2n) is 9.79. The van der Waals surface area contributed by atoms with E-state index >= 15 is 0 Å². The molecular formula is C24H32N4O. The number of hydrogen-bond donors (Lipinski definition) is 0. The fourth-order valence-electron chi connectivity index (χ4n) is 4.66. The zero-order valence-corrected chi connectivity index (χ0v) is 18.9. The van der Waals surface area contributed by atoms with E-state index in [1.54, 1.807) is 19.3 Å². The van der Waals surface area contributed by atoms with E-state index in [1.807, 2.05) is 17.0 Å². The number of carbonyl (C=O) groups excluding carboxylic acids is 1. The number of hydrogen-bond acceptors (Lipinski definition) is 3. The molecule has 0 aliphatic rings. The molecule has 3 aromatic rings. The van der Waals surface area contributed by atoms with Crippen LogP contribution >= 0.6 is 0 Å². The van der Waals surface area contributed by atoms with Gasteiger partial charge in [-0.05, 0) is 69.4 Å². The Bertz CT molecular complexity index is 1040. The number of carbonyl (C=O) groups is 1. The third-order valence-electron chi connectivity index (χ3n) is 5.07. The van der Waals surface area contributed by atoms with Crippen LogP contribution < -0.4 is 4.90 Å². The van der Waals surface area contributed by atoms with Crippen molar-refractivity contribution >= 4 is 17.4 Å². The van der Waals surface area contributed by atoms with Crippen molar-refractivity contribution in [1.82, 2.24) is 14.4 Å². The molecule has 154 valence electrons. The molecule has 5 nitrogen and oxygen atoms in total. The number of imidazole rings is 1. The Morgan fingerprint density at radius 1 is 1.07 bits per heavy atom. The smallest absolute Gasteiger partial charge is 0.225 e. The van der Waals surface area contributed by atoms with Gasteiger partial charge in [-0.15, -0.1) is 0 Å². The summed E-state index contributed by atoms with van der Waals surface area (Å²) in [5, 5.41) is 0. The summed E-state index contributed by atoms with van der Waals surface area (Å²) in [4.78, 5) is 24.1. The van der Waals surface area contributed by atoms with E-state index in [2.05, 4.69) is 70.0 Å². The Hall–Kier alpha value is -2.69. The van der Waals surface area contributed by atoms with E-state index < -0.39 is 0 Å². The van der Waals surface area contributed by atoms with Crippen molar-refractivity contribution in [3.63, 3.8) is 0 Å². The minimum atomic E-state index is -0.390. The minimum Gasteiger partial charge on any atom is -0.291 e. The van der Waals surface area contributed by atoms with Gasteiger partial charge in [-0.25, -0.2) is 4.98 Å². The first-order valence-electron chi connectivity index (χ1n) is 10.1. The summed E-state index contributed by atoms with van der Waals surface area (Å²) in [5.74, 6) is 0.835. The quantitative estimate of drug-likeness (QED) is 0.582. The number of nitrogens with zero attached hydrogens (tertiary/aromatic N) is 4. The molecular weight excluding hydrogens is 360 g/mol. The number of aryl methyl sites for hydroxylation is 2. The Morgan fingerprint density at radius 3 is 2.24 bits per heavy atom. The van der Waals surface area contributed by atoms with E-state index in [4.69, 9.17) is 4.98 Å². The molecule has 0 aliphatic carbocycles. The first kappa shape index (κ1) is 21.0. The van der Waals surface area contributed by atoms with Crippen molar-refractivity contribution in [3.05, 3.63) is 47.9 Å². The van der Waals surface area contributed by atoms with Crippen LogP contribution in [0.3, 0.4) is 0 Å². The number of aromatic nitrogens is 3. The van der Waals surface area contributed by atoms with Crippen molar-refractivity contribution in [2.45, 2.75) is 67.3 Å². The average Bonchev–Trinajstić information content (AvgIpc) is 2.91. The third kappa shape index (κ3) is 4.19. The zero-order chi connectivity index (χ0) is 21.6. The molecule has 0 bridgehead atoms. The second kappa shape index (κ2) is 7.29. The Morgan fingerprint density at radius 2 is 1.69 bits per heavy atom. The molecule has 0 spiro atoms. The average molecular weight is 393 g/mol. The maximum atomic E-state index is 13.1. The molecule has 0 unspecified atom stereocenters. The predicted octanol–water partition coefficient (Wildman–Crippen LogP) is 5.58. The van der Waals surface area contributed by atoms with Crippen molar-refractivity contribution in [3.8, 4) is 11.3 Å².